The van der Waals surface area contributed by atoms with E-state index in [-0.39, 0.29) is 42.6 Å². The average Bonchev–Trinajstić information content (AvgIpc) is 2.75. The number of hydrogen-bond acceptors (Lipinski definition) is 6. The fourth-order valence-corrected chi connectivity index (χ4v) is 3.42. The minimum Gasteiger partial charge on any atom is -0.486 e. The number of Topliss-reactive ketones (excluding diaryl/α,β-unsaturated/α-hetero) is 1. The van der Waals surface area contributed by atoms with Gasteiger partial charge in [0.15, 0.2) is 11.5 Å². The number of carbonyl (C=O) groups excluding carboxylic acids is 2. The van der Waals surface area contributed by atoms with Crippen LogP contribution in [0.2, 0.25) is 0 Å². The van der Waals surface area contributed by atoms with E-state index in [4.69, 9.17) is 9.47 Å². The van der Waals surface area contributed by atoms with Gasteiger partial charge in [-0.1, -0.05) is 25.5 Å². The van der Waals surface area contributed by atoms with Gasteiger partial charge in [-0.2, -0.15) is 0 Å². The van der Waals surface area contributed by atoms with Crippen molar-refractivity contribution in [2.45, 2.75) is 52.2 Å². The summed E-state index contributed by atoms with van der Waals surface area (Å²) in [5.41, 5.74) is -0.818. The number of nitrogens with zero attached hydrogens (tertiary/aromatic N) is 2. The smallest absolute Gasteiger partial charge is 0.296 e. The summed E-state index contributed by atoms with van der Waals surface area (Å²) in [7, 11) is 0. The van der Waals surface area contributed by atoms with Gasteiger partial charge in [0, 0.05) is 6.42 Å². The van der Waals surface area contributed by atoms with Crippen molar-refractivity contribution in [1.29, 1.82) is 0 Å². The van der Waals surface area contributed by atoms with Crippen LogP contribution in [0.4, 0.5) is 4.39 Å². The molecule has 0 saturated heterocycles. The molecule has 0 fully saturated rings. The predicted molar refractivity (Wildman–Crippen MR) is 115 cm³/mol. The molecule has 0 spiro atoms. The van der Waals surface area contributed by atoms with Crippen LogP contribution in [0.5, 0.6) is 5.75 Å². The van der Waals surface area contributed by atoms with Crippen molar-refractivity contribution < 1.29 is 23.5 Å². The third-order valence-electron chi connectivity index (χ3n) is 5.16. The maximum absolute atomic E-state index is 13.1. The van der Waals surface area contributed by atoms with Crippen molar-refractivity contribution in [3.63, 3.8) is 0 Å². The van der Waals surface area contributed by atoms with Crippen LogP contribution in [0.15, 0.2) is 29.1 Å². The molecule has 1 N–H and O–H groups in total. The summed E-state index contributed by atoms with van der Waals surface area (Å²) >= 11 is 0. The standard InChI is InChI=1S/C23H28FN3O5/c1-4-5-11-31-19-18(26-22-23(2,3)32-12-10-27(22)21(19)30)20(29)25-14-17(28)13-15-6-8-16(24)9-7-15/h6-9H,4-5,10-14H2,1-3H3,(H,25,29). The molecular weight excluding hydrogens is 417 g/mol. The molecule has 9 heteroatoms. The van der Waals surface area contributed by atoms with E-state index in [9.17, 15) is 18.8 Å². The molecule has 0 bridgehead atoms. The van der Waals surface area contributed by atoms with E-state index in [1.165, 1.54) is 28.8 Å². The Hall–Kier alpha value is -3.07. The van der Waals surface area contributed by atoms with Crippen LogP contribution in [0.25, 0.3) is 0 Å². The summed E-state index contributed by atoms with van der Waals surface area (Å²) in [6.07, 6.45) is 1.62. The number of unbranched alkanes of at least 4 members (excludes halogenated alkanes) is 1. The zero-order chi connectivity index (χ0) is 23.3. The van der Waals surface area contributed by atoms with Crippen LogP contribution in [0, 0.1) is 5.82 Å². The Labute approximate surface area is 185 Å². The molecule has 32 heavy (non-hydrogen) atoms. The van der Waals surface area contributed by atoms with Crippen LogP contribution >= 0.6 is 0 Å². The SMILES string of the molecule is CCCCOc1c(C(=O)NCC(=O)Cc2ccc(F)cc2)nc2n(c1=O)CCOC2(C)C. The van der Waals surface area contributed by atoms with Crippen molar-refractivity contribution in [3.05, 3.63) is 57.5 Å². The molecule has 1 aromatic heterocycles. The molecule has 2 aromatic rings. The maximum Gasteiger partial charge on any atom is 0.296 e. The quantitative estimate of drug-likeness (QED) is 0.595. The Kier molecular flexibility index (Phi) is 7.40. The van der Waals surface area contributed by atoms with Gasteiger partial charge in [0.2, 0.25) is 5.75 Å². The van der Waals surface area contributed by atoms with Crippen molar-refractivity contribution in [2.24, 2.45) is 0 Å². The third kappa shape index (κ3) is 5.40. The van der Waals surface area contributed by atoms with Gasteiger partial charge in [0.25, 0.3) is 11.5 Å². The number of fused-ring (bicyclic) bond motifs is 1. The fraction of sp³-hybridized carbons (Fsp3) is 0.478. The highest BCUT2D eigenvalue weighted by atomic mass is 19.1. The largest absolute Gasteiger partial charge is 0.486 e. The van der Waals surface area contributed by atoms with E-state index in [1.807, 2.05) is 6.92 Å². The Morgan fingerprint density at radius 3 is 2.69 bits per heavy atom. The van der Waals surface area contributed by atoms with E-state index in [2.05, 4.69) is 10.3 Å². The molecule has 2 heterocycles. The van der Waals surface area contributed by atoms with Crippen molar-refractivity contribution in [1.82, 2.24) is 14.9 Å². The van der Waals surface area contributed by atoms with Gasteiger partial charge in [-0.05, 0) is 38.0 Å². The lowest BCUT2D eigenvalue weighted by molar-refractivity contribution is -0.117. The summed E-state index contributed by atoms with van der Waals surface area (Å²) in [5.74, 6) is -1.12. The van der Waals surface area contributed by atoms with Gasteiger partial charge in [0.1, 0.15) is 17.2 Å². The average molecular weight is 445 g/mol. The minimum absolute atomic E-state index is 0.0432. The molecule has 3 rings (SSSR count). The highest BCUT2D eigenvalue weighted by Gasteiger charge is 2.34. The summed E-state index contributed by atoms with van der Waals surface area (Å²) in [6, 6.07) is 5.58. The normalized spacial score (nSPS) is 14.5. The van der Waals surface area contributed by atoms with E-state index in [1.54, 1.807) is 13.8 Å². The topological polar surface area (TPSA) is 99.5 Å². The minimum atomic E-state index is -0.854. The number of rotatable bonds is 9. The first-order valence-corrected chi connectivity index (χ1v) is 10.7. The molecular formula is C23H28FN3O5. The van der Waals surface area contributed by atoms with Crippen LogP contribution in [0.3, 0.4) is 0 Å². The van der Waals surface area contributed by atoms with Crippen molar-refractivity contribution in [3.8, 4) is 5.75 Å². The monoisotopic (exact) mass is 445 g/mol. The second kappa shape index (κ2) is 10.0. The first-order valence-electron chi connectivity index (χ1n) is 10.7. The number of ketones is 1. The number of amides is 1. The molecule has 1 amide bonds. The summed E-state index contributed by atoms with van der Waals surface area (Å²) in [6.45, 7) is 6.21. The number of ether oxygens (including phenoxy) is 2. The maximum atomic E-state index is 13.1. The van der Waals surface area contributed by atoms with Crippen LogP contribution in [-0.4, -0.2) is 41.0 Å². The molecule has 1 aromatic carbocycles. The molecule has 0 saturated carbocycles. The highest BCUT2D eigenvalue weighted by Crippen LogP contribution is 2.27. The lowest BCUT2D eigenvalue weighted by atomic mass is 10.1. The van der Waals surface area contributed by atoms with E-state index in [0.29, 0.717) is 31.0 Å². The molecule has 0 unspecified atom stereocenters. The Morgan fingerprint density at radius 1 is 1.28 bits per heavy atom. The summed E-state index contributed by atoms with van der Waals surface area (Å²) < 4.78 is 25.9. The fourth-order valence-electron chi connectivity index (χ4n) is 3.42. The number of benzene rings is 1. The number of aromatic nitrogens is 2. The van der Waals surface area contributed by atoms with Gasteiger partial charge in [-0.3, -0.25) is 19.0 Å². The zero-order valence-corrected chi connectivity index (χ0v) is 18.6. The lowest BCUT2D eigenvalue weighted by Gasteiger charge is -2.32. The number of hydrogen-bond donors (Lipinski definition) is 1. The second-order valence-electron chi connectivity index (χ2n) is 8.16. The molecule has 1 aliphatic rings. The van der Waals surface area contributed by atoms with Crippen LogP contribution < -0.4 is 15.6 Å². The second-order valence-corrected chi connectivity index (χ2v) is 8.16. The summed E-state index contributed by atoms with van der Waals surface area (Å²) in [5, 5.41) is 2.53. The van der Waals surface area contributed by atoms with Gasteiger partial charge in [-0.15, -0.1) is 0 Å². The van der Waals surface area contributed by atoms with Crippen molar-refractivity contribution >= 4 is 11.7 Å². The molecule has 0 radical (unpaired) electrons. The van der Waals surface area contributed by atoms with Gasteiger partial charge >= 0.3 is 0 Å². The van der Waals surface area contributed by atoms with Crippen molar-refractivity contribution in [2.75, 3.05) is 19.8 Å². The van der Waals surface area contributed by atoms with Gasteiger partial charge in [-0.25, -0.2) is 9.37 Å². The van der Waals surface area contributed by atoms with Gasteiger partial charge in [0.05, 0.1) is 26.3 Å². The zero-order valence-electron chi connectivity index (χ0n) is 18.6. The Morgan fingerprint density at radius 2 is 2.00 bits per heavy atom. The third-order valence-corrected chi connectivity index (χ3v) is 5.16. The lowest BCUT2D eigenvalue weighted by Crippen LogP contribution is -2.43. The Balaban J connectivity index is 1.81. The predicted octanol–water partition coefficient (Wildman–Crippen LogP) is 2.37. The first-order chi connectivity index (χ1) is 15.2. The number of nitrogens with one attached hydrogen (secondary N) is 1. The molecule has 0 aliphatic carbocycles. The molecule has 0 atom stereocenters. The molecule has 1 aliphatic heterocycles. The van der Waals surface area contributed by atoms with Crippen LogP contribution in [0.1, 0.15) is 55.5 Å². The van der Waals surface area contributed by atoms with Gasteiger partial charge < -0.3 is 14.8 Å². The first kappa shape index (κ1) is 23.6. The Bertz CT molecular complexity index is 1050. The summed E-state index contributed by atoms with van der Waals surface area (Å²) in [4.78, 5) is 42.7. The molecule has 172 valence electrons. The molecule has 8 nitrogen and oxygen atoms in total. The van der Waals surface area contributed by atoms with E-state index in [0.717, 1.165) is 6.42 Å². The van der Waals surface area contributed by atoms with Crippen LogP contribution in [-0.2, 0) is 28.1 Å². The highest BCUT2D eigenvalue weighted by molar-refractivity contribution is 5.97. The number of carbonyl (C=O) groups is 2. The number of halogens is 1. The van der Waals surface area contributed by atoms with E-state index >= 15 is 0 Å². The van der Waals surface area contributed by atoms with E-state index < -0.39 is 17.1 Å².